The number of nitrogens with zero attached hydrogens (tertiary/aromatic N) is 1. The Labute approximate surface area is 197 Å². The monoisotopic (exact) mass is 472 g/mol. The molecule has 0 bridgehead atoms. The number of nitrogens with one attached hydrogen (secondary N) is 1. The van der Waals surface area contributed by atoms with E-state index in [0.717, 1.165) is 5.56 Å². The van der Waals surface area contributed by atoms with Gasteiger partial charge in [-0.15, -0.1) is 0 Å². The third-order valence-electron chi connectivity index (χ3n) is 5.15. The molecule has 0 saturated heterocycles. The van der Waals surface area contributed by atoms with Gasteiger partial charge in [0, 0.05) is 20.0 Å². The van der Waals surface area contributed by atoms with Gasteiger partial charge < -0.3 is 10.2 Å². The van der Waals surface area contributed by atoms with Crippen molar-refractivity contribution in [3.63, 3.8) is 0 Å². The average Bonchev–Trinajstić information content (AvgIpc) is 2.80. The number of rotatable bonds is 8. The third kappa shape index (κ3) is 6.09. The lowest BCUT2D eigenvalue weighted by Gasteiger charge is -2.31. The van der Waals surface area contributed by atoms with E-state index in [1.165, 1.54) is 18.0 Å². The fourth-order valence-corrected chi connectivity index (χ4v) is 3.78. The molecular formula is C25H23Cl2FN2O2. The van der Waals surface area contributed by atoms with E-state index in [9.17, 15) is 14.0 Å². The van der Waals surface area contributed by atoms with E-state index in [2.05, 4.69) is 5.32 Å². The van der Waals surface area contributed by atoms with Gasteiger partial charge in [0.1, 0.15) is 11.9 Å². The van der Waals surface area contributed by atoms with E-state index in [1.54, 1.807) is 36.4 Å². The first-order valence-electron chi connectivity index (χ1n) is 10.1. The molecule has 0 aliphatic carbocycles. The number of carbonyl (C=O) groups excluding carboxylic acids is 2. The first kappa shape index (κ1) is 23.8. The fraction of sp³-hybridized carbons (Fsp3) is 0.200. The lowest BCUT2D eigenvalue weighted by Crippen LogP contribution is -2.50. The van der Waals surface area contributed by atoms with Crippen LogP contribution >= 0.6 is 23.2 Å². The largest absolute Gasteiger partial charge is 0.357 e. The molecule has 0 aliphatic rings. The molecule has 0 radical (unpaired) electrons. The molecular weight excluding hydrogens is 450 g/mol. The van der Waals surface area contributed by atoms with Crippen LogP contribution in [-0.2, 0) is 29.0 Å². The zero-order valence-electron chi connectivity index (χ0n) is 17.5. The fourth-order valence-electron chi connectivity index (χ4n) is 3.46. The zero-order chi connectivity index (χ0) is 23.1. The summed E-state index contributed by atoms with van der Waals surface area (Å²) in [7, 11) is 1.53. The Hall–Kier alpha value is -2.89. The highest BCUT2D eigenvalue weighted by Crippen LogP contribution is 2.24. The van der Waals surface area contributed by atoms with Crippen LogP contribution < -0.4 is 5.32 Å². The number of halogens is 3. The molecule has 7 heteroatoms. The summed E-state index contributed by atoms with van der Waals surface area (Å²) in [5.41, 5.74) is 1.88. The third-order valence-corrected chi connectivity index (χ3v) is 5.89. The Morgan fingerprint density at radius 1 is 0.938 bits per heavy atom. The van der Waals surface area contributed by atoms with E-state index in [1.807, 2.05) is 30.3 Å². The predicted molar refractivity (Wildman–Crippen MR) is 125 cm³/mol. The van der Waals surface area contributed by atoms with Crippen LogP contribution in [0.4, 0.5) is 4.39 Å². The molecule has 0 aliphatic heterocycles. The number of amides is 2. The Bertz CT molecular complexity index is 1090. The molecule has 0 saturated carbocycles. The number of likely N-dealkylation sites (N-methyl/N-ethyl adjacent to an activating group) is 1. The lowest BCUT2D eigenvalue weighted by atomic mass is 10.0. The number of benzene rings is 3. The van der Waals surface area contributed by atoms with E-state index >= 15 is 0 Å². The van der Waals surface area contributed by atoms with E-state index < -0.39 is 11.9 Å². The summed E-state index contributed by atoms with van der Waals surface area (Å²) >= 11 is 12.2. The zero-order valence-corrected chi connectivity index (χ0v) is 19.0. The second-order valence-corrected chi connectivity index (χ2v) is 8.17. The second-order valence-electron chi connectivity index (χ2n) is 7.36. The summed E-state index contributed by atoms with van der Waals surface area (Å²) in [6.45, 7) is 0.120. The molecule has 4 nitrogen and oxygen atoms in total. The summed E-state index contributed by atoms with van der Waals surface area (Å²) in [5.74, 6) is -1.14. The van der Waals surface area contributed by atoms with Crippen molar-refractivity contribution in [3.05, 3.63) is 105 Å². The Morgan fingerprint density at radius 2 is 1.62 bits per heavy atom. The minimum Gasteiger partial charge on any atom is -0.357 e. The maximum atomic E-state index is 14.2. The van der Waals surface area contributed by atoms with Crippen molar-refractivity contribution in [3.8, 4) is 0 Å². The van der Waals surface area contributed by atoms with Gasteiger partial charge in [-0.1, -0.05) is 77.8 Å². The van der Waals surface area contributed by atoms with E-state index in [-0.39, 0.29) is 30.3 Å². The van der Waals surface area contributed by atoms with Crippen molar-refractivity contribution < 1.29 is 14.0 Å². The lowest BCUT2D eigenvalue weighted by molar-refractivity contribution is -0.140. The molecule has 1 N–H and O–H groups in total. The molecule has 0 heterocycles. The van der Waals surface area contributed by atoms with E-state index in [0.29, 0.717) is 22.0 Å². The normalized spacial score (nSPS) is 11.6. The molecule has 166 valence electrons. The van der Waals surface area contributed by atoms with Crippen molar-refractivity contribution in [1.82, 2.24) is 10.2 Å². The van der Waals surface area contributed by atoms with Gasteiger partial charge in [-0.2, -0.15) is 0 Å². The van der Waals surface area contributed by atoms with Crippen molar-refractivity contribution in [1.29, 1.82) is 0 Å². The SMILES string of the molecule is CNC(=O)C(Cc1ccccc1)N(Cc1ccc(Cl)c(Cl)c1)C(=O)Cc1ccccc1F. The number of carbonyl (C=O) groups is 2. The minimum absolute atomic E-state index is 0.120. The van der Waals surface area contributed by atoms with Gasteiger partial charge in [0.25, 0.3) is 0 Å². The van der Waals surface area contributed by atoms with Crippen LogP contribution in [0.3, 0.4) is 0 Å². The number of hydrogen-bond donors (Lipinski definition) is 1. The Kier molecular flexibility index (Phi) is 8.26. The van der Waals surface area contributed by atoms with Crippen LogP contribution in [0.5, 0.6) is 0 Å². The van der Waals surface area contributed by atoms with Gasteiger partial charge in [-0.25, -0.2) is 4.39 Å². The smallest absolute Gasteiger partial charge is 0.242 e. The average molecular weight is 473 g/mol. The van der Waals surface area contributed by atoms with Gasteiger partial charge >= 0.3 is 0 Å². The molecule has 32 heavy (non-hydrogen) atoms. The maximum absolute atomic E-state index is 14.2. The highest BCUT2D eigenvalue weighted by molar-refractivity contribution is 6.42. The summed E-state index contributed by atoms with van der Waals surface area (Å²) in [6.07, 6.45) is 0.140. The van der Waals surface area contributed by atoms with Gasteiger partial charge in [-0.3, -0.25) is 9.59 Å². The summed E-state index contributed by atoms with van der Waals surface area (Å²) < 4.78 is 14.2. The predicted octanol–water partition coefficient (Wildman–Crippen LogP) is 5.06. The van der Waals surface area contributed by atoms with Gasteiger partial charge in [0.2, 0.25) is 11.8 Å². The summed E-state index contributed by atoms with van der Waals surface area (Å²) in [6, 6.07) is 19.8. The van der Waals surface area contributed by atoms with Crippen LogP contribution in [0.2, 0.25) is 10.0 Å². The molecule has 2 amide bonds. The van der Waals surface area contributed by atoms with Crippen LogP contribution in [0, 0.1) is 5.82 Å². The molecule has 1 unspecified atom stereocenters. The standard InChI is InChI=1S/C25H23Cl2FN2O2/c1-29-25(32)23(14-17-7-3-2-4-8-17)30(16-18-11-12-20(26)21(27)13-18)24(31)15-19-9-5-6-10-22(19)28/h2-13,23H,14-16H2,1H3,(H,29,32). The van der Waals surface area contributed by atoms with Gasteiger partial charge in [0.05, 0.1) is 16.5 Å². The van der Waals surface area contributed by atoms with Crippen LogP contribution in [0.25, 0.3) is 0 Å². The van der Waals surface area contributed by atoms with Crippen LogP contribution in [-0.4, -0.2) is 29.8 Å². The Morgan fingerprint density at radius 3 is 2.28 bits per heavy atom. The van der Waals surface area contributed by atoms with Crippen LogP contribution in [0.1, 0.15) is 16.7 Å². The summed E-state index contributed by atoms with van der Waals surface area (Å²) in [4.78, 5) is 27.7. The topological polar surface area (TPSA) is 49.4 Å². The molecule has 0 aromatic heterocycles. The first-order chi connectivity index (χ1) is 15.4. The Balaban J connectivity index is 1.97. The first-order valence-corrected chi connectivity index (χ1v) is 10.9. The van der Waals surface area contributed by atoms with Crippen molar-refractivity contribution in [2.45, 2.75) is 25.4 Å². The van der Waals surface area contributed by atoms with Gasteiger partial charge in [-0.05, 0) is 34.9 Å². The molecule has 3 aromatic rings. The highest BCUT2D eigenvalue weighted by Gasteiger charge is 2.30. The van der Waals surface area contributed by atoms with Crippen LogP contribution in [0.15, 0.2) is 72.8 Å². The molecule has 3 rings (SSSR count). The van der Waals surface area contributed by atoms with Crippen molar-refractivity contribution in [2.75, 3.05) is 7.05 Å². The van der Waals surface area contributed by atoms with Crippen molar-refractivity contribution in [2.24, 2.45) is 0 Å². The van der Waals surface area contributed by atoms with Crippen molar-refractivity contribution >= 4 is 35.0 Å². The highest BCUT2D eigenvalue weighted by atomic mass is 35.5. The second kappa shape index (κ2) is 11.1. The molecule has 0 spiro atoms. The van der Waals surface area contributed by atoms with Gasteiger partial charge in [0.15, 0.2) is 0 Å². The molecule has 3 aromatic carbocycles. The number of hydrogen-bond acceptors (Lipinski definition) is 2. The maximum Gasteiger partial charge on any atom is 0.242 e. The van der Waals surface area contributed by atoms with E-state index in [4.69, 9.17) is 23.2 Å². The minimum atomic E-state index is -0.795. The quantitative estimate of drug-likeness (QED) is 0.497. The summed E-state index contributed by atoms with van der Waals surface area (Å²) in [5, 5.41) is 3.40. The molecule has 1 atom stereocenters. The molecule has 0 fully saturated rings.